The summed E-state index contributed by atoms with van der Waals surface area (Å²) in [6.07, 6.45) is 2.23. The first-order valence-electron chi connectivity index (χ1n) is 7.09. The van der Waals surface area contributed by atoms with Crippen LogP contribution in [0.3, 0.4) is 0 Å². The molecular weight excluding hydrogens is 254 g/mol. The zero-order valence-electron chi connectivity index (χ0n) is 12.0. The van der Waals surface area contributed by atoms with Gasteiger partial charge < -0.3 is 10.0 Å². The van der Waals surface area contributed by atoms with Crippen molar-refractivity contribution < 1.29 is 14.7 Å². The summed E-state index contributed by atoms with van der Waals surface area (Å²) in [5, 5.41) is 8.83. The van der Waals surface area contributed by atoms with Crippen molar-refractivity contribution in [3.8, 4) is 0 Å². The zero-order valence-corrected chi connectivity index (χ0v) is 12.0. The largest absolute Gasteiger partial charge is 0.478 e. The van der Waals surface area contributed by atoms with E-state index >= 15 is 0 Å². The summed E-state index contributed by atoms with van der Waals surface area (Å²) in [6, 6.07) is 7.08. The second-order valence-electron chi connectivity index (χ2n) is 5.74. The summed E-state index contributed by atoms with van der Waals surface area (Å²) in [5.41, 5.74) is 1.28. The monoisotopic (exact) mass is 275 g/mol. The van der Waals surface area contributed by atoms with E-state index in [-0.39, 0.29) is 11.5 Å². The number of aromatic carboxylic acids is 1. The molecule has 1 amide bonds. The second kappa shape index (κ2) is 6.07. The van der Waals surface area contributed by atoms with Gasteiger partial charge in [0.25, 0.3) is 0 Å². The highest BCUT2D eigenvalue weighted by Gasteiger charge is 2.29. The minimum absolute atomic E-state index is 0.198. The Labute approximate surface area is 119 Å². The van der Waals surface area contributed by atoms with E-state index in [1.165, 1.54) is 0 Å². The number of aryl methyl sites for hydroxylation is 1. The molecule has 1 aliphatic heterocycles. The van der Waals surface area contributed by atoms with Crippen LogP contribution in [0, 0.1) is 5.92 Å². The van der Waals surface area contributed by atoms with E-state index in [9.17, 15) is 9.59 Å². The van der Waals surface area contributed by atoms with E-state index in [1.54, 1.807) is 24.3 Å². The van der Waals surface area contributed by atoms with Crippen molar-refractivity contribution in [3.05, 3.63) is 35.4 Å². The number of hydrogen-bond acceptors (Lipinski definition) is 2. The Kier molecular flexibility index (Phi) is 4.42. The van der Waals surface area contributed by atoms with Crippen LogP contribution in [0.4, 0.5) is 0 Å². The third-order valence-electron chi connectivity index (χ3n) is 3.93. The Balaban J connectivity index is 1.88. The summed E-state index contributed by atoms with van der Waals surface area (Å²) in [5.74, 6) is -0.138. The molecule has 0 saturated carbocycles. The lowest BCUT2D eigenvalue weighted by atomic mass is 10.1. The summed E-state index contributed by atoms with van der Waals surface area (Å²) < 4.78 is 0. The average Bonchev–Trinajstić information content (AvgIpc) is 2.75. The van der Waals surface area contributed by atoms with Crippen molar-refractivity contribution >= 4 is 11.9 Å². The third-order valence-corrected chi connectivity index (χ3v) is 3.93. The number of carboxylic acids is 1. The maximum atomic E-state index is 12.2. The fourth-order valence-electron chi connectivity index (χ4n) is 2.86. The Morgan fingerprint density at radius 1 is 1.25 bits per heavy atom. The van der Waals surface area contributed by atoms with Gasteiger partial charge in [0.1, 0.15) is 0 Å². The summed E-state index contributed by atoms with van der Waals surface area (Å²) in [7, 11) is 0. The average molecular weight is 275 g/mol. The molecule has 2 rings (SSSR count). The molecule has 0 radical (unpaired) electrons. The molecule has 4 heteroatoms. The number of carbonyl (C=O) groups is 2. The van der Waals surface area contributed by atoms with Crippen molar-refractivity contribution in [2.45, 2.75) is 39.2 Å². The molecule has 1 aliphatic rings. The summed E-state index contributed by atoms with van der Waals surface area (Å²) >= 11 is 0. The molecule has 0 spiro atoms. The van der Waals surface area contributed by atoms with Gasteiger partial charge in [-0.1, -0.05) is 19.1 Å². The molecule has 2 atom stereocenters. The number of carbonyl (C=O) groups excluding carboxylic acids is 1. The highest BCUT2D eigenvalue weighted by molar-refractivity contribution is 5.87. The van der Waals surface area contributed by atoms with Gasteiger partial charge in [-0.15, -0.1) is 0 Å². The smallest absolute Gasteiger partial charge is 0.335 e. The number of nitrogens with zero attached hydrogens (tertiary/aromatic N) is 1. The lowest BCUT2D eigenvalue weighted by Gasteiger charge is -2.21. The van der Waals surface area contributed by atoms with Crippen LogP contribution in [0.25, 0.3) is 0 Å². The van der Waals surface area contributed by atoms with Gasteiger partial charge in [-0.25, -0.2) is 4.79 Å². The van der Waals surface area contributed by atoms with Gasteiger partial charge in [0, 0.05) is 19.0 Å². The molecule has 1 N–H and O–H groups in total. The fraction of sp³-hybridized carbons (Fsp3) is 0.500. The molecule has 0 aromatic heterocycles. The van der Waals surface area contributed by atoms with Gasteiger partial charge in [0.2, 0.25) is 5.91 Å². The number of amides is 1. The van der Waals surface area contributed by atoms with Gasteiger partial charge in [0.05, 0.1) is 5.56 Å². The summed E-state index contributed by atoms with van der Waals surface area (Å²) in [6.45, 7) is 5.13. The van der Waals surface area contributed by atoms with Crippen LogP contribution in [0.2, 0.25) is 0 Å². The molecular formula is C16H21NO3. The van der Waals surface area contributed by atoms with E-state index in [4.69, 9.17) is 5.11 Å². The zero-order chi connectivity index (χ0) is 14.7. The predicted octanol–water partition coefficient (Wildman–Crippen LogP) is 2.57. The third kappa shape index (κ3) is 3.38. The minimum Gasteiger partial charge on any atom is -0.478 e. The Morgan fingerprint density at radius 3 is 2.40 bits per heavy atom. The molecule has 1 fully saturated rings. The number of benzene rings is 1. The van der Waals surface area contributed by atoms with Crippen molar-refractivity contribution in [1.82, 2.24) is 4.90 Å². The maximum Gasteiger partial charge on any atom is 0.335 e. The molecule has 2 unspecified atom stereocenters. The number of likely N-dealkylation sites (tertiary alicyclic amines) is 1. The van der Waals surface area contributed by atoms with Crippen molar-refractivity contribution in [1.29, 1.82) is 0 Å². The number of hydrogen-bond donors (Lipinski definition) is 1. The van der Waals surface area contributed by atoms with Gasteiger partial charge in [-0.2, -0.15) is 0 Å². The topological polar surface area (TPSA) is 57.6 Å². The maximum absolute atomic E-state index is 12.2. The van der Waals surface area contributed by atoms with Crippen molar-refractivity contribution in [2.75, 3.05) is 6.54 Å². The number of carboxylic acid groups (broad SMARTS) is 1. The second-order valence-corrected chi connectivity index (χ2v) is 5.74. The lowest BCUT2D eigenvalue weighted by Crippen LogP contribution is -2.34. The van der Waals surface area contributed by atoms with Crippen molar-refractivity contribution in [3.63, 3.8) is 0 Å². The molecule has 1 saturated heterocycles. The molecule has 108 valence electrons. The minimum atomic E-state index is -0.924. The first kappa shape index (κ1) is 14.6. The quantitative estimate of drug-likeness (QED) is 0.918. The molecule has 4 nitrogen and oxygen atoms in total. The first-order valence-corrected chi connectivity index (χ1v) is 7.09. The van der Waals surface area contributed by atoms with Crippen LogP contribution < -0.4 is 0 Å². The highest BCUT2D eigenvalue weighted by atomic mass is 16.4. The van der Waals surface area contributed by atoms with Crippen LogP contribution in [-0.4, -0.2) is 34.5 Å². The van der Waals surface area contributed by atoms with Gasteiger partial charge in [0.15, 0.2) is 0 Å². The first-order chi connectivity index (χ1) is 9.47. The molecule has 0 aliphatic carbocycles. The van der Waals surface area contributed by atoms with Crippen LogP contribution >= 0.6 is 0 Å². The Hall–Kier alpha value is -1.84. The van der Waals surface area contributed by atoms with E-state index in [1.807, 2.05) is 4.90 Å². The number of rotatable bonds is 4. The van der Waals surface area contributed by atoms with Crippen LogP contribution in [0.15, 0.2) is 24.3 Å². The molecule has 20 heavy (non-hydrogen) atoms. The Morgan fingerprint density at radius 2 is 1.90 bits per heavy atom. The molecule has 1 aromatic carbocycles. The highest BCUT2D eigenvalue weighted by Crippen LogP contribution is 2.23. The normalized spacial score (nSPS) is 22.0. The summed E-state index contributed by atoms with van der Waals surface area (Å²) in [4.78, 5) is 24.9. The van der Waals surface area contributed by atoms with E-state index in [0.29, 0.717) is 24.8 Å². The van der Waals surface area contributed by atoms with Gasteiger partial charge in [-0.05, 0) is 43.4 Å². The van der Waals surface area contributed by atoms with Gasteiger partial charge >= 0.3 is 5.97 Å². The predicted molar refractivity (Wildman–Crippen MR) is 76.7 cm³/mol. The molecule has 1 heterocycles. The van der Waals surface area contributed by atoms with E-state index < -0.39 is 5.97 Å². The molecule has 0 bridgehead atoms. The van der Waals surface area contributed by atoms with Crippen LogP contribution in [-0.2, 0) is 11.2 Å². The lowest BCUT2D eigenvalue weighted by molar-refractivity contribution is -0.131. The van der Waals surface area contributed by atoms with Crippen LogP contribution in [0.5, 0.6) is 0 Å². The van der Waals surface area contributed by atoms with E-state index in [0.717, 1.165) is 18.5 Å². The van der Waals surface area contributed by atoms with Crippen molar-refractivity contribution in [2.24, 2.45) is 5.92 Å². The SMILES string of the molecule is CC1CC(C)N(C(=O)CCc2ccc(C(=O)O)cc2)C1. The van der Waals surface area contributed by atoms with Gasteiger partial charge in [-0.3, -0.25) is 4.79 Å². The van der Waals surface area contributed by atoms with E-state index in [2.05, 4.69) is 13.8 Å². The Bertz CT molecular complexity index is 495. The molecule has 1 aromatic rings. The van der Waals surface area contributed by atoms with Crippen LogP contribution in [0.1, 0.15) is 42.6 Å². The standard InChI is InChI=1S/C16H21NO3/c1-11-9-12(2)17(10-11)15(18)8-5-13-3-6-14(7-4-13)16(19)20/h3-4,6-7,11-12H,5,8-10H2,1-2H3,(H,19,20). The fourth-order valence-corrected chi connectivity index (χ4v) is 2.86.